The van der Waals surface area contributed by atoms with Crippen LogP contribution in [-0.2, 0) is 19.6 Å². The Morgan fingerprint density at radius 2 is 1.81 bits per heavy atom. The number of rotatable bonds is 10. The van der Waals surface area contributed by atoms with E-state index in [1.54, 1.807) is 24.3 Å². The monoisotopic (exact) mass is 498 g/mol. The summed E-state index contributed by atoms with van der Waals surface area (Å²) in [5.41, 5.74) is 0. The van der Waals surface area contributed by atoms with Gasteiger partial charge in [-0.15, -0.1) is 11.8 Å². The van der Waals surface area contributed by atoms with Crippen LogP contribution in [0.4, 0.5) is 0 Å². The zero-order valence-electron chi connectivity index (χ0n) is 17.8. The van der Waals surface area contributed by atoms with Crippen LogP contribution >= 0.6 is 23.4 Å². The maximum absolute atomic E-state index is 12.6. The molecule has 32 heavy (non-hydrogen) atoms. The van der Waals surface area contributed by atoms with Crippen molar-refractivity contribution >= 4 is 39.3 Å². The van der Waals surface area contributed by atoms with Gasteiger partial charge in [0, 0.05) is 23.0 Å². The molecule has 0 saturated carbocycles. The number of amides is 1. The number of hydrogen-bond acceptors (Lipinski definition) is 6. The van der Waals surface area contributed by atoms with Gasteiger partial charge in [0.05, 0.1) is 29.9 Å². The van der Waals surface area contributed by atoms with Gasteiger partial charge in [0.1, 0.15) is 12.4 Å². The van der Waals surface area contributed by atoms with Crippen LogP contribution in [0.25, 0.3) is 0 Å². The minimum absolute atomic E-state index is 0.0528. The van der Waals surface area contributed by atoms with Crippen LogP contribution in [0.5, 0.6) is 5.75 Å². The summed E-state index contributed by atoms with van der Waals surface area (Å²) < 4.78 is 37.6. The number of ether oxygens (including phenoxy) is 2. The number of hydrogen-bond donors (Lipinski definition) is 1. The van der Waals surface area contributed by atoms with E-state index in [1.807, 2.05) is 19.1 Å². The molecule has 1 fully saturated rings. The first-order chi connectivity index (χ1) is 15.4. The Balaban J connectivity index is 1.44. The first kappa shape index (κ1) is 24.9. The fourth-order valence-electron chi connectivity index (χ4n) is 3.10. The molecule has 1 N–H and O–H groups in total. The predicted octanol–water partition coefficient (Wildman–Crippen LogP) is 3.43. The molecule has 0 spiro atoms. The minimum atomic E-state index is -3.52. The third-order valence-electron chi connectivity index (χ3n) is 4.86. The van der Waals surface area contributed by atoms with E-state index in [9.17, 15) is 13.2 Å². The Kier molecular flexibility index (Phi) is 9.24. The lowest BCUT2D eigenvalue weighted by molar-refractivity contribution is -0.120. The number of nitrogens with one attached hydrogen (secondary N) is 1. The van der Waals surface area contributed by atoms with E-state index >= 15 is 0 Å². The fourth-order valence-corrected chi connectivity index (χ4v) is 5.61. The van der Waals surface area contributed by atoms with E-state index in [4.69, 9.17) is 21.1 Å². The van der Waals surface area contributed by atoms with Gasteiger partial charge in [-0.1, -0.05) is 18.5 Å². The van der Waals surface area contributed by atoms with Crippen molar-refractivity contribution in [3.63, 3.8) is 0 Å². The van der Waals surface area contributed by atoms with Crippen molar-refractivity contribution in [3.05, 3.63) is 53.6 Å². The highest BCUT2D eigenvalue weighted by molar-refractivity contribution is 8.00. The van der Waals surface area contributed by atoms with Gasteiger partial charge in [0.15, 0.2) is 0 Å². The molecule has 2 aromatic carbocycles. The number of sulfonamides is 1. The Labute approximate surface area is 198 Å². The highest BCUT2D eigenvalue weighted by atomic mass is 35.5. The van der Waals surface area contributed by atoms with Gasteiger partial charge < -0.3 is 14.8 Å². The molecule has 1 aliphatic rings. The SMILES string of the molecule is CCC(Sc1ccc(Cl)cc1)C(=O)NCCOc1ccc(S(=O)(=O)N2CCOCC2)cc1. The van der Waals surface area contributed by atoms with Crippen molar-refractivity contribution in [1.82, 2.24) is 9.62 Å². The van der Waals surface area contributed by atoms with Crippen LogP contribution in [0.2, 0.25) is 5.02 Å². The molecule has 0 bridgehead atoms. The molecule has 0 aliphatic carbocycles. The van der Waals surface area contributed by atoms with Gasteiger partial charge >= 0.3 is 0 Å². The zero-order chi connectivity index (χ0) is 23.0. The van der Waals surface area contributed by atoms with Gasteiger partial charge in [-0.3, -0.25) is 4.79 Å². The molecule has 1 aliphatic heterocycles. The van der Waals surface area contributed by atoms with Crippen LogP contribution in [0.3, 0.4) is 0 Å². The van der Waals surface area contributed by atoms with E-state index in [-0.39, 0.29) is 22.7 Å². The number of nitrogens with zero attached hydrogens (tertiary/aromatic N) is 1. The van der Waals surface area contributed by atoms with Crippen molar-refractivity contribution in [2.45, 2.75) is 28.4 Å². The predicted molar refractivity (Wildman–Crippen MR) is 126 cm³/mol. The maximum atomic E-state index is 12.6. The van der Waals surface area contributed by atoms with Crippen LogP contribution in [0, 0.1) is 0 Å². The second kappa shape index (κ2) is 11.9. The third kappa shape index (κ3) is 6.86. The molecule has 174 valence electrons. The molecule has 1 amide bonds. The number of thioether (sulfide) groups is 1. The fraction of sp³-hybridized carbons (Fsp3) is 0.409. The number of carbonyl (C=O) groups is 1. The van der Waals surface area contributed by atoms with E-state index in [1.165, 1.54) is 28.2 Å². The molecule has 10 heteroatoms. The van der Waals surface area contributed by atoms with Crippen molar-refractivity contribution in [1.29, 1.82) is 0 Å². The zero-order valence-corrected chi connectivity index (χ0v) is 20.2. The molecule has 1 saturated heterocycles. The molecular weight excluding hydrogens is 472 g/mol. The van der Waals surface area contributed by atoms with Crippen LogP contribution in [0.1, 0.15) is 13.3 Å². The third-order valence-corrected chi connectivity index (χ3v) is 8.40. The van der Waals surface area contributed by atoms with Crippen molar-refractivity contribution in [3.8, 4) is 5.75 Å². The first-order valence-electron chi connectivity index (χ1n) is 10.4. The van der Waals surface area contributed by atoms with Gasteiger partial charge in [0.25, 0.3) is 0 Å². The van der Waals surface area contributed by atoms with Crippen molar-refractivity contribution in [2.24, 2.45) is 0 Å². The Morgan fingerprint density at radius 3 is 2.44 bits per heavy atom. The lowest BCUT2D eigenvalue weighted by Gasteiger charge is -2.26. The molecule has 1 unspecified atom stereocenters. The summed E-state index contributed by atoms with van der Waals surface area (Å²) in [6.45, 7) is 4.13. The molecular formula is C22H27ClN2O5S2. The molecule has 3 rings (SSSR count). The smallest absolute Gasteiger partial charge is 0.243 e. The average molecular weight is 499 g/mol. The average Bonchev–Trinajstić information content (AvgIpc) is 2.82. The van der Waals surface area contributed by atoms with Gasteiger partial charge in [0.2, 0.25) is 15.9 Å². The summed E-state index contributed by atoms with van der Waals surface area (Å²) in [4.78, 5) is 13.7. The maximum Gasteiger partial charge on any atom is 0.243 e. The summed E-state index contributed by atoms with van der Waals surface area (Å²) in [6, 6.07) is 13.7. The lowest BCUT2D eigenvalue weighted by Crippen LogP contribution is -2.40. The topological polar surface area (TPSA) is 84.9 Å². The van der Waals surface area contributed by atoms with E-state index in [2.05, 4.69) is 5.32 Å². The van der Waals surface area contributed by atoms with Crippen LogP contribution in [0.15, 0.2) is 58.3 Å². The normalized spacial score (nSPS) is 15.8. The van der Waals surface area contributed by atoms with Crippen molar-refractivity contribution < 1.29 is 22.7 Å². The van der Waals surface area contributed by atoms with Crippen molar-refractivity contribution in [2.75, 3.05) is 39.5 Å². The quantitative estimate of drug-likeness (QED) is 0.399. The van der Waals surface area contributed by atoms with E-state index < -0.39 is 10.0 Å². The largest absolute Gasteiger partial charge is 0.492 e. The van der Waals surface area contributed by atoms with E-state index in [0.29, 0.717) is 50.0 Å². The standard InChI is InChI=1S/C22H27ClN2O5S2/c1-2-21(31-19-7-3-17(23)4-8-19)22(26)24-11-14-30-18-5-9-20(10-6-18)32(27,28)25-12-15-29-16-13-25/h3-10,21H,2,11-16H2,1H3,(H,24,26). The van der Waals surface area contributed by atoms with E-state index in [0.717, 1.165) is 4.90 Å². The van der Waals surface area contributed by atoms with Crippen LogP contribution < -0.4 is 10.1 Å². The van der Waals surface area contributed by atoms with Gasteiger partial charge in [-0.05, 0) is 55.0 Å². The summed E-state index contributed by atoms with van der Waals surface area (Å²) in [5, 5.41) is 3.34. The lowest BCUT2D eigenvalue weighted by atomic mass is 10.3. The minimum Gasteiger partial charge on any atom is -0.492 e. The summed E-state index contributed by atoms with van der Waals surface area (Å²) in [5.74, 6) is 0.491. The molecule has 7 nitrogen and oxygen atoms in total. The Morgan fingerprint density at radius 1 is 1.16 bits per heavy atom. The molecule has 1 heterocycles. The number of benzene rings is 2. The highest BCUT2D eigenvalue weighted by Crippen LogP contribution is 2.26. The second-order valence-electron chi connectivity index (χ2n) is 7.10. The first-order valence-corrected chi connectivity index (χ1v) is 13.1. The molecule has 2 aromatic rings. The number of carbonyl (C=O) groups excluding carboxylic acids is 1. The Bertz CT molecular complexity index is 978. The molecule has 1 atom stereocenters. The van der Waals surface area contributed by atoms with Gasteiger partial charge in [-0.2, -0.15) is 4.31 Å². The Hall–Kier alpha value is -1.78. The molecule has 0 aromatic heterocycles. The molecule has 0 radical (unpaired) electrons. The summed E-state index contributed by atoms with van der Waals surface area (Å²) >= 11 is 7.40. The second-order valence-corrected chi connectivity index (χ2v) is 10.7. The van der Waals surface area contributed by atoms with Crippen LogP contribution in [-0.4, -0.2) is 63.3 Å². The summed E-state index contributed by atoms with van der Waals surface area (Å²) in [6.07, 6.45) is 0.694. The highest BCUT2D eigenvalue weighted by Gasteiger charge is 2.26. The number of halogens is 1. The number of morpholine rings is 1. The summed E-state index contributed by atoms with van der Waals surface area (Å²) in [7, 11) is -3.52. The van der Waals surface area contributed by atoms with Gasteiger partial charge in [-0.25, -0.2) is 8.42 Å².